The van der Waals surface area contributed by atoms with Crippen molar-refractivity contribution in [1.82, 2.24) is 19.7 Å². The Balaban J connectivity index is 1.01. The van der Waals surface area contributed by atoms with Crippen molar-refractivity contribution in [2.75, 3.05) is 0 Å². The molecule has 0 aliphatic carbocycles. The summed E-state index contributed by atoms with van der Waals surface area (Å²) >= 11 is 0. The molecule has 3 aromatic heterocycles. The molecular formula is C59H46N4. The van der Waals surface area contributed by atoms with Crippen molar-refractivity contribution in [1.29, 1.82) is 0 Å². The highest BCUT2D eigenvalue weighted by molar-refractivity contribution is 5.93. The molecule has 0 saturated carbocycles. The van der Waals surface area contributed by atoms with Gasteiger partial charge in [-0.05, 0) is 141 Å². The maximum atomic E-state index is 4.73. The van der Waals surface area contributed by atoms with E-state index in [1.165, 1.54) is 66.8 Å². The van der Waals surface area contributed by atoms with Crippen LogP contribution in [-0.4, -0.2) is 19.7 Å². The molecule has 0 radical (unpaired) electrons. The van der Waals surface area contributed by atoms with Crippen molar-refractivity contribution >= 4 is 0 Å². The molecular weight excluding hydrogens is 765 g/mol. The van der Waals surface area contributed by atoms with E-state index in [4.69, 9.17) is 4.98 Å². The van der Waals surface area contributed by atoms with Gasteiger partial charge in [0.1, 0.15) is 0 Å². The highest BCUT2D eigenvalue weighted by atomic mass is 15.3. The Morgan fingerprint density at radius 3 is 1.46 bits per heavy atom. The van der Waals surface area contributed by atoms with Crippen molar-refractivity contribution in [3.8, 4) is 72.7 Å². The van der Waals surface area contributed by atoms with E-state index in [1.807, 2.05) is 53.7 Å². The van der Waals surface area contributed by atoms with Gasteiger partial charge in [-0.2, -0.15) is 5.10 Å². The van der Waals surface area contributed by atoms with E-state index in [0.29, 0.717) is 0 Å². The third-order valence-corrected chi connectivity index (χ3v) is 11.9. The van der Waals surface area contributed by atoms with Crippen LogP contribution in [0.15, 0.2) is 231 Å². The van der Waals surface area contributed by atoms with Gasteiger partial charge < -0.3 is 0 Å². The van der Waals surface area contributed by atoms with Gasteiger partial charge in [-0.3, -0.25) is 9.97 Å². The summed E-state index contributed by atoms with van der Waals surface area (Å²) < 4.78 is 1.90. The number of benzene rings is 7. The molecule has 0 fully saturated rings. The van der Waals surface area contributed by atoms with Crippen LogP contribution >= 0.6 is 0 Å². The van der Waals surface area contributed by atoms with Gasteiger partial charge in [0.2, 0.25) is 0 Å². The Labute approximate surface area is 369 Å². The predicted molar refractivity (Wildman–Crippen MR) is 259 cm³/mol. The number of aryl methyl sites for hydroxylation is 4. The second-order valence-electron chi connectivity index (χ2n) is 16.0. The van der Waals surface area contributed by atoms with Gasteiger partial charge in [0.15, 0.2) is 0 Å². The van der Waals surface area contributed by atoms with Crippen LogP contribution in [0.2, 0.25) is 0 Å². The molecule has 3 heterocycles. The van der Waals surface area contributed by atoms with Gasteiger partial charge in [0.05, 0.1) is 17.1 Å². The smallest absolute Gasteiger partial charge is 0.0702 e. The molecule has 0 spiro atoms. The lowest BCUT2D eigenvalue weighted by Gasteiger charge is -2.18. The van der Waals surface area contributed by atoms with Crippen molar-refractivity contribution in [2.24, 2.45) is 0 Å². The summed E-state index contributed by atoms with van der Waals surface area (Å²) in [6.45, 7) is 0. The summed E-state index contributed by atoms with van der Waals surface area (Å²) in [6.07, 6.45) is 11.3. The number of rotatable bonds is 13. The Hall–Kier alpha value is -7.95. The van der Waals surface area contributed by atoms with E-state index < -0.39 is 0 Å². The average molecular weight is 811 g/mol. The van der Waals surface area contributed by atoms with E-state index in [-0.39, 0.29) is 0 Å². The molecule has 302 valence electrons. The van der Waals surface area contributed by atoms with Crippen LogP contribution in [0, 0.1) is 0 Å². The average Bonchev–Trinajstić information content (AvgIpc) is 3.92. The van der Waals surface area contributed by atoms with Gasteiger partial charge >= 0.3 is 0 Å². The van der Waals surface area contributed by atoms with Gasteiger partial charge in [-0.1, -0.05) is 158 Å². The van der Waals surface area contributed by atoms with Crippen LogP contribution in [0.4, 0.5) is 0 Å². The molecule has 0 bridgehead atoms. The highest BCUT2D eigenvalue weighted by Crippen LogP contribution is 2.41. The Morgan fingerprint density at radius 1 is 0.302 bits per heavy atom. The zero-order valence-corrected chi connectivity index (χ0v) is 35.1. The van der Waals surface area contributed by atoms with Crippen LogP contribution in [-0.2, 0) is 25.7 Å². The third kappa shape index (κ3) is 9.07. The maximum Gasteiger partial charge on any atom is 0.0702 e. The van der Waals surface area contributed by atoms with Crippen molar-refractivity contribution in [2.45, 2.75) is 25.7 Å². The summed E-state index contributed by atoms with van der Waals surface area (Å²) in [6, 6.07) is 74.3. The molecule has 0 aliphatic heterocycles. The molecule has 0 atom stereocenters. The van der Waals surface area contributed by atoms with Crippen LogP contribution in [0.25, 0.3) is 72.7 Å². The molecule has 7 aromatic carbocycles. The largest absolute Gasteiger partial charge is 0.256 e. The molecule has 0 saturated heterocycles. The number of hydrogen-bond acceptors (Lipinski definition) is 3. The number of hydrogen-bond donors (Lipinski definition) is 0. The number of aromatic nitrogens is 4. The Bertz CT molecular complexity index is 3050. The standard InChI is InChI=1S/C59H46N4/c1-2-11-47(12-3-1)48-27-29-49(30-28-48)57-42-51(59-16-7-9-36-61-59)31-34-56(57)55-14-5-4-13-54(55)52-40-45(19-17-43-21-25-50(26-22-43)58-15-6-8-35-60-58)39-46(41-52)20-18-44-23-32-53(33-24-44)63-38-10-37-62-63/h1-16,21-42H,17-20H2. The van der Waals surface area contributed by atoms with Crippen LogP contribution in [0.5, 0.6) is 0 Å². The lowest BCUT2D eigenvalue weighted by atomic mass is 9.86. The second-order valence-corrected chi connectivity index (χ2v) is 16.0. The fourth-order valence-electron chi connectivity index (χ4n) is 8.55. The minimum absolute atomic E-state index is 0.931. The Kier molecular flexibility index (Phi) is 11.4. The maximum absolute atomic E-state index is 4.73. The summed E-state index contributed by atoms with van der Waals surface area (Å²) in [5.74, 6) is 0. The topological polar surface area (TPSA) is 43.6 Å². The molecule has 4 nitrogen and oxygen atoms in total. The van der Waals surface area contributed by atoms with E-state index >= 15 is 0 Å². The normalized spacial score (nSPS) is 11.1. The van der Waals surface area contributed by atoms with Crippen molar-refractivity contribution in [3.63, 3.8) is 0 Å². The lowest BCUT2D eigenvalue weighted by molar-refractivity contribution is 0.876. The van der Waals surface area contributed by atoms with Gasteiger partial charge in [0.25, 0.3) is 0 Å². The Morgan fingerprint density at radius 2 is 0.825 bits per heavy atom. The van der Waals surface area contributed by atoms with E-state index in [9.17, 15) is 0 Å². The molecule has 0 amide bonds. The zero-order valence-electron chi connectivity index (χ0n) is 35.1. The highest BCUT2D eigenvalue weighted by Gasteiger charge is 2.16. The van der Waals surface area contributed by atoms with E-state index in [2.05, 4.69) is 192 Å². The number of pyridine rings is 2. The first-order chi connectivity index (χ1) is 31.2. The zero-order chi connectivity index (χ0) is 42.2. The monoisotopic (exact) mass is 810 g/mol. The van der Waals surface area contributed by atoms with Crippen LogP contribution < -0.4 is 0 Å². The summed E-state index contributed by atoms with van der Waals surface area (Å²) in [7, 11) is 0. The van der Waals surface area contributed by atoms with E-state index in [0.717, 1.165) is 53.9 Å². The fraction of sp³-hybridized carbons (Fsp3) is 0.0678. The van der Waals surface area contributed by atoms with E-state index in [1.54, 1.807) is 0 Å². The van der Waals surface area contributed by atoms with Gasteiger partial charge in [0, 0.05) is 35.9 Å². The SMILES string of the molecule is c1ccc(-c2ccc(-c3cc(-c4ccccn4)ccc3-c3ccccc3-c3cc(CCc4ccc(-c5ccccn5)cc4)cc(CCc4ccc(-n5cccn5)cc4)c3)cc2)cc1. The summed E-state index contributed by atoms with van der Waals surface area (Å²) in [4.78, 5) is 9.28. The quantitative estimate of drug-likeness (QED) is 0.116. The first kappa shape index (κ1) is 39.2. The van der Waals surface area contributed by atoms with Gasteiger partial charge in [-0.15, -0.1) is 0 Å². The second kappa shape index (κ2) is 18.3. The summed E-state index contributed by atoms with van der Waals surface area (Å²) in [5, 5.41) is 4.41. The predicted octanol–water partition coefficient (Wildman–Crippen LogP) is 14.2. The lowest BCUT2D eigenvalue weighted by Crippen LogP contribution is -1.99. The van der Waals surface area contributed by atoms with Gasteiger partial charge in [-0.25, -0.2) is 4.68 Å². The van der Waals surface area contributed by atoms with Crippen LogP contribution in [0.3, 0.4) is 0 Å². The minimum atomic E-state index is 0.931. The molecule has 0 unspecified atom stereocenters. The third-order valence-electron chi connectivity index (χ3n) is 11.9. The molecule has 10 rings (SSSR count). The van der Waals surface area contributed by atoms with Crippen molar-refractivity contribution < 1.29 is 0 Å². The fourth-order valence-corrected chi connectivity index (χ4v) is 8.55. The summed E-state index contributed by atoms with van der Waals surface area (Å²) in [5.41, 5.74) is 20.1. The molecule has 10 aromatic rings. The minimum Gasteiger partial charge on any atom is -0.256 e. The van der Waals surface area contributed by atoms with Crippen molar-refractivity contribution in [3.05, 3.63) is 253 Å². The first-order valence-electron chi connectivity index (χ1n) is 21.7. The molecule has 0 N–H and O–H groups in total. The molecule has 0 aliphatic rings. The van der Waals surface area contributed by atoms with Crippen LogP contribution in [0.1, 0.15) is 22.3 Å². The molecule has 4 heteroatoms. The first-order valence-corrected chi connectivity index (χ1v) is 21.7. The molecule has 63 heavy (non-hydrogen) atoms. The number of nitrogens with zero attached hydrogens (tertiary/aromatic N) is 4.